The van der Waals surface area contributed by atoms with E-state index < -0.39 is 0 Å². The molecule has 0 spiro atoms. The molecule has 0 saturated heterocycles. The van der Waals surface area contributed by atoms with E-state index in [1.165, 1.54) is 0 Å². The molecule has 2 nitrogen and oxygen atoms in total. The summed E-state index contributed by atoms with van der Waals surface area (Å²) in [5.74, 6) is 1.11. The van der Waals surface area contributed by atoms with E-state index in [-0.39, 0.29) is 24.1 Å². The van der Waals surface area contributed by atoms with Crippen molar-refractivity contribution in [3.8, 4) is 0 Å². The highest BCUT2D eigenvalue weighted by molar-refractivity contribution is 6.63. The summed E-state index contributed by atoms with van der Waals surface area (Å²) >= 11 is 16.8. The van der Waals surface area contributed by atoms with Crippen LogP contribution in [-0.4, -0.2) is 30.1 Å². The highest BCUT2D eigenvalue weighted by Crippen LogP contribution is 2.16. The average molecular weight is 331 g/mol. The van der Waals surface area contributed by atoms with Crippen LogP contribution in [0.1, 0.15) is 5.56 Å². The molecule has 0 aliphatic carbocycles. The minimum absolute atomic E-state index is 0. The van der Waals surface area contributed by atoms with Crippen molar-refractivity contribution in [3.63, 3.8) is 0 Å². The highest BCUT2D eigenvalue weighted by atomic mass is 35.5. The second kappa shape index (κ2) is 9.74. The van der Waals surface area contributed by atoms with E-state index in [0.29, 0.717) is 11.8 Å². The number of alkyl halides is 2. The Morgan fingerprint density at radius 1 is 1.06 bits per heavy atom. The third-order valence-corrected chi connectivity index (χ3v) is 2.83. The second-order valence-corrected chi connectivity index (χ2v) is 4.74. The molecule has 0 radical (unpaired) electrons. The lowest BCUT2D eigenvalue weighted by molar-refractivity contribution is -0.111. The van der Waals surface area contributed by atoms with Gasteiger partial charge in [-0.2, -0.15) is 0 Å². The van der Waals surface area contributed by atoms with Crippen molar-refractivity contribution in [2.45, 2.75) is 6.42 Å². The summed E-state index contributed by atoms with van der Waals surface area (Å²) in [6.45, 7) is 1.50. The average Bonchev–Trinajstić information content (AvgIpc) is 2.29. The summed E-state index contributed by atoms with van der Waals surface area (Å²) in [5.41, 5.74) is 1.96. The lowest BCUT2D eigenvalue weighted by Gasteiger charge is -2.22. The zero-order valence-electron chi connectivity index (χ0n) is 9.74. The van der Waals surface area contributed by atoms with E-state index in [1.54, 1.807) is 0 Å². The normalized spacial score (nSPS) is 9.72. The molecule has 0 aliphatic heterocycles. The van der Waals surface area contributed by atoms with Gasteiger partial charge in [0.15, 0.2) is 0 Å². The van der Waals surface area contributed by atoms with E-state index in [2.05, 4.69) is 4.90 Å². The molecule has 6 heteroatoms. The van der Waals surface area contributed by atoms with Crippen molar-refractivity contribution in [1.29, 1.82) is 0 Å². The van der Waals surface area contributed by atoms with Gasteiger partial charge in [-0.25, -0.2) is 0 Å². The fourth-order valence-electron chi connectivity index (χ4n) is 1.56. The SMILES string of the molecule is Cl.O=C(Cl)Cc1ccc(N(CCCl)CCCl)cc1. The molecule has 0 fully saturated rings. The van der Waals surface area contributed by atoms with Gasteiger partial charge in [-0.15, -0.1) is 35.6 Å². The predicted molar refractivity (Wildman–Crippen MR) is 81.9 cm³/mol. The zero-order valence-corrected chi connectivity index (χ0v) is 12.8. The van der Waals surface area contributed by atoms with E-state index in [0.717, 1.165) is 24.3 Å². The van der Waals surface area contributed by atoms with Crippen molar-refractivity contribution in [2.24, 2.45) is 0 Å². The molecular weight excluding hydrogens is 316 g/mol. The number of carbonyl (C=O) groups excluding carboxylic acids is 1. The molecule has 0 unspecified atom stereocenters. The standard InChI is InChI=1S/C12H14Cl3NO.ClH/c13-5-7-16(8-6-14)11-3-1-10(2-4-11)9-12(15)17;/h1-4H,5-9H2;1H. The molecule has 0 bridgehead atoms. The smallest absolute Gasteiger partial charge is 0.226 e. The van der Waals surface area contributed by atoms with Crippen molar-refractivity contribution in [3.05, 3.63) is 29.8 Å². The van der Waals surface area contributed by atoms with Crippen molar-refractivity contribution in [1.82, 2.24) is 0 Å². The van der Waals surface area contributed by atoms with Crippen LogP contribution in [0.15, 0.2) is 24.3 Å². The van der Waals surface area contributed by atoms with Gasteiger partial charge in [0.2, 0.25) is 5.24 Å². The van der Waals surface area contributed by atoms with Crippen molar-refractivity contribution < 1.29 is 4.79 Å². The second-order valence-electron chi connectivity index (χ2n) is 3.56. The predicted octanol–water partition coefficient (Wildman–Crippen LogP) is 3.70. The summed E-state index contributed by atoms with van der Waals surface area (Å²) in [5, 5.41) is -0.351. The van der Waals surface area contributed by atoms with Gasteiger partial charge in [-0.05, 0) is 29.3 Å². The van der Waals surface area contributed by atoms with Crippen LogP contribution in [0.3, 0.4) is 0 Å². The minimum atomic E-state index is -0.351. The van der Waals surface area contributed by atoms with Gasteiger partial charge in [0.05, 0.1) is 0 Å². The molecular formula is C12H15Cl4NO. The minimum Gasteiger partial charge on any atom is -0.369 e. The maximum absolute atomic E-state index is 10.8. The Kier molecular flexibility index (Phi) is 9.66. The first-order valence-corrected chi connectivity index (χ1v) is 6.76. The van der Waals surface area contributed by atoms with Crippen LogP contribution in [0.4, 0.5) is 5.69 Å². The summed E-state index contributed by atoms with van der Waals surface area (Å²) in [6.07, 6.45) is 0.257. The molecule has 1 rings (SSSR count). The van der Waals surface area contributed by atoms with Crippen LogP contribution in [0.5, 0.6) is 0 Å². The number of hydrogen-bond donors (Lipinski definition) is 0. The molecule has 1 aromatic rings. The van der Waals surface area contributed by atoms with Crippen LogP contribution in [0.2, 0.25) is 0 Å². The molecule has 0 amide bonds. The molecule has 0 N–H and O–H groups in total. The fourth-order valence-corrected chi connectivity index (χ4v) is 2.12. The number of halogens is 4. The molecule has 18 heavy (non-hydrogen) atoms. The van der Waals surface area contributed by atoms with Gasteiger partial charge in [-0.1, -0.05) is 12.1 Å². The summed E-state index contributed by atoms with van der Waals surface area (Å²) in [6, 6.07) is 7.69. The van der Waals surface area contributed by atoms with Crippen LogP contribution in [0, 0.1) is 0 Å². The van der Waals surface area contributed by atoms with Crippen molar-refractivity contribution in [2.75, 3.05) is 29.7 Å². The van der Waals surface area contributed by atoms with E-state index in [1.807, 2.05) is 24.3 Å². The third kappa shape index (κ3) is 6.14. The molecule has 102 valence electrons. The number of anilines is 1. The first-order chi connectivity index (χ1) is 8.17. The van der Waals surface area contributed by atoms with Crippen molar-refractivity contribution >= 4 is 58.1 Å². The number of carbonyl (C=O) groups is 1. The van der Waals surface area contributed by atoms with Crippen LogP contribution in [0.25, 0.3) is 0 Å². The maximum atomic E-state index is 10.8. The monoisotopic (exact) mass is 329 g/mol. The largest absolute Gasteiger partial charge is 0.369 e. The van der Waals surface area contributed by atoms with Crippen LogP contribution < -0.4 is 4.90 Å². The first kappa shape index (κ1) is 17.8. The lowest BCUT2D eigenvalue weighted by atomic mass is 10.1. The molecule has 0 aliphatic rings. The first-order valence-electron chi connectivity index (χ1n) is 5.31. The zero-order chi connectivity index (χ0) is 12.7. The Morgan fingerprint density at radius 3 is 1.94 bits per heavy atom. The van der Waals surface area contributed by atoms with E-state index in [4.69, 9.17) is 34.8 Å². The van der Waals surface area contributed by atoms with E-state index >= 15 is 0 Å². The third-order valence-electron chi connectivity index (χ3n) is 2.35. The van der Waals surface area contributed by atoms with Crippen LogP contribution in [-0.2, 0) is 11.2 Å². The quantitative estimate of drug-likeness (QED) is 0.561. The molecule has 0 heterocycles. The summed E-state index contributed by atoms with van der Waals surface area (Å²) < 4.78 is 0. The Bertz CT molecular complexity index is 350. The van der Waals surface area contributed by atoms with E-state index in [9.17, 15) is 4.79 Å². The highest BCUT2D eigenvalue weighted by Gasteiger charge is 2.06. The summed E-state index contributed by atoms with van der Waals surface area (Å²) in [7, 11) is 0. The number of benzene rings is 1. The molecule has 0 atom stereocenters. The Labute approximate surface area is 129 Å². The Morgan fingerprint density at radius 2 is 1.56 bits per heavy atom. The maximum Gasteiger partial charge on any atom is 0.226 e. The topological polar surface area (TPSA) is 20.3 Å². The molecule has 0 saturated carbocycles. The Balaban J connectivity index is 0.00000289. The van der Waals surface area contributed by atoms with Gasteiger partial charge in [0, 0.05) is 37.0 Å². The fraction of sp³-hybridized carbons (Fsp3) is 0.417. The van der Waals surface area contributed by atoms with Crippen LogP contribution >= 0.6 is 47.2 Å². The number of nitrogens with zero attached hydrogens (tertiary/aromatic N) is 1. The van der Waals surface area contributed by atoms with Gasteiger partial charge in [0.1, 0.15) is 0 Å². The van der Waals surface area contributed by atoms with Gasteiger partial charge in [-0.3, -0.25) is 4.79 Å². The van der Waals surface area contributed by atoms with Gasteiger partial charge in [0.25, 0.3) is 0 Å². The number of hydrogen-bond acceptors (Lipinski definition) is 2. The molecule has 0 aromatic heterocycles. The number of rotatable bonds is 7. The molecule has 1 aromatic carbocycles. The summed E-state index contributed by atoms with van der Waals surface area (Å²) in [4.78, 5) is 12.9. The van der Waals surface area contributed by atoms with Gasteiger partial charge >= 0.3 is 0 Å². The lowest BCUT2D eigenvalue weighted by Crippen LogP contribution is -2.27. The van der Waals surface area contributed by atoms with Gasteiger partial charge < -0.3 is 4.90 Å². The Hall–Kier alpha value is -0.150.